The number of ether oxygens (including phenoxy) is 2. The van der Waals surface area contributed by atoms with Crippen molar-refractivity contribution in [1.82, 2.24) is 14.9 Å². The summed E-state index contributed by atoms with van der Waals surface area (Å²) in [5.41, 5.74) is 0.882. The summed E-state index contributed by atoms with van der Waals surface area (Å²) in [5.74, 6) is 0.728. The molecule has 2 aliphatic heterocycles. The fraction of sp³-hybridized carbons (Fsp3) is 0.450. The van der Waals surface area contributed by atoms with E-state index in [1.54, 1.807) is 30.7 Å². The first-order valence-electron chi connectivity index (χ1n) is 9.09. The van der Waals surface area contributed by atoms with E-state index in [1.807, 2.05) is 23.1 Å². The van der Waals surface area contributed by atoms with Gasteiger partial charge in [0.25, 0.3) is 5.91 Å². The zero-order valence-corrected chi connectivity index (χ0v) is 14.7. The molecular weight excluding hydrogens is 330 g/mol. The lowest BCUT2D eigenvalue weighted by Gasteiger charge is -2.38. The normalized spacial score (nSPS) is 21.7. The summed E-state index contributed by atoms with van der Waals surface area (Å²) in [5, 5.41) is 0. The van der Waals surface area contributed by atoms with Gasteiger partial charge >= 0.3 is 0 Å². The van der Waals surface area contributed by atoms with E-state index < -0.39 is 0 Å². The van der Waals surface area contributed by atoms with Crippen LogP contribution in [0.4, 0.5) is 0 Å². The van der Waals surface area contributed by atoms with Gasteiger partial charge in [-0.15, -0.1) is 0 Å². The molecule has 0 N–H and O–H groups in total. The van der Waals surface area contributed by atoms with E-state index in [2.05, 4.69) is 9.97 Å². The van der Waals surface area contributed by atoms with Crippen molar-refractivity contribution in [3.63, 3.8) is 0 Å². The van der Waals surface area contributed by atoms with Crippen LogP contribution in [-0.2, 0) is 4.74 Å². The SMILES string of the molecule is O=C(c1ccncc1)N1CCC2(CC1)CO[C@H](COc1ccccn1)C2. The first kappa shape index (κ1) is 17.0. The van der Waals surface area contributed by atoms with E-state index in [4.69, 9.17) is 9.47 Å². The van der Waals surface area contributed by atoms with Gasteiger partial charge in [0.2, 0.25) is 5.88 Å². The molecule has 2 aromatic heterocycles. The van der Waals surface area contributed by atoms with Gasteiger partial charge in [0.1, 0.15) is 6.61 Å². The third-order valence-corrected chi connectivity index (χ3v) is 5.38. The molecule has 2 aliphatic rings. The highest BCUT2D eigenvalue weighted by molar-refractivity contribution is 5.94. The Hall–Kier alpha value is -2.47. The molecule has 4 heterocycles. The number of amides is 1. The minimum atomic E-state index is 0.0937. The van der Waals surface area contributed by atoms with Crippen molar-refractivity contribution in [2.24, 2.45) is 5.41 Å². The molecule has 2 saturated heterocycles. The minimum Gasteiger partial charge on any atom is -0.475 e. The molecule has 2 aromatic rings. The highest BCUT2D eigenvalue weighted by atomic mass is 16.5. The average molecular weight is 353 g/mol. The molecule has 0 unspecified atom stereocenters. The molecule has 0 aromatic carbocycles. The van der Waals surface area contributed by atoms with Gasteiger partial charge in [0.05, 0.1) is 12.7 Å². The fourth-order valence-electron chi connectivity index (χ4n) is 3.82. The zero-order valence-electron chi connectivity index (χ0n) is 14.7. The van der Waals surface area contributed by atoms with Crippen LogP contribution in [-0.4, -0.2) is 53.2 Å². The van der Waals surface area contributed by atoms with Crippen LogP contribution in [0.1, 0.15) is 29.6 Å². The second kappa shape index (κ2) is 7.41. The molecule has 6 nitrogen and oxygen atoms in total. The smallest absolute Gasteiger partial charge is 0.253 e. The number of pyridine rings is 2. The summed E-state index contributed by atoms with van der Waals surface area (Å²) < 4.78 is 11.7. The van der Waals surface area contributed by atoms with Gasteiger partial charge in [0.15, 0.2) is 0 Å². The summed E-state index contributed by atoms with van der Waals surface area (Å²) >= 11 is 0. The molecule has 0 aliphatic carbocycles. The Balaban J connectivity index is 1.28. The quantitative estimate of drug-likeness (QED) is 0.845. The van der Waals surface area contributed by atoms with Crippen LogP contribution in [0.25, 0.3) is 0 Å². The van der Waals surface area contributed by atoms with Crippen LogP contribution in [0.2, 0.25) is 0 Å². The summed E-state index contributed by atoms with van der Waals surface area (Å²) in [6.07, 6.45) is 8.08. The third kappa shape index (κ3) is 3.70. The van der Waals surface area contributed by atoms with Gasteiger partial charge in [-0.25, -0.2) is 4.98 Å². The summed E-state index contributed by atoms with van der Waals surface area (Å²) in [4.78, 5) is 22.7. The molecule has 1 amide bonds. The monoisotopic (exact) mass is 353 g/mol. The highest BCUT2D eigenvalue weighted by Gasteiger charge is 2.43. The number of carbonyl (C=O) groups is 1. The Morgan fingerprint density at radius 1 is 1.19 bits per heavy atom. The standard InChI is InChI=1S/C20H23N3O3/c24-19(16-4-9-21-10-5-16)23-11-6-20(7-12-23)13-17(26-15-20)14-25-18-3-1-2-8-22-18/h1-5,8-10,17H,6-7,11-15H2/t17-/m0/s1. The van der Waals surface area contributed by atoms with E-state index in [0.29, 0.717) is 18.1 Å². The molecule has 1 spiro atoms. The van der Waals surface area contributed by atoms with Gasteiger partial charge in [-0.2, -0.15) is 0 Å². The van der Waals surface area contributed by atoms with Gasteiger partial charge in [-0.3, -0.25) is 9.78 Å². The van der Waals surface area contributed by atoms with E-state index in [0.717, 1.165) is 39.0 Å². The second-order valence-corrected chi connectivity index (χ2v) is 7.14. The van der Waals surface area contributed by atoms with Crippen molar-refractivity contribution in [3.8, 4) is 5.88 Å². The van der Waals surface area contributed by atoms with Crippen LogP contribution in [0.5, 0.6) is 5.88 Å². The first-order valence-corrected chi connectivity index (χ1v) is 9.09. The molecule has 0 bridgehead atoms. The number of nitrogens with zero attached hydrogens (tertiary/aromatic N) is 3. The van der Waals surface area contributed by atoms with Crippen LogP contribution in [0.3, 0.4) is 0 Å². The topological polar surface area (TPSA) is 64.6 Å². The van der Waals surface area contributed by atoms with Gasteiger partial charge in [0, 0.05) is 43.3 Å². The van der Waals surface area contributed by atoms with Crippen molar-refractivity contribution in [2.45, 2.75) is 25.4 Å². The number of carbonyl (C=O) groups excluding carboxylic acids is 1. The molecule has 26 heavy (non-hydrogen) atoms. The van der Waals surface area contributed by atoms with Crippen LogP contribution < -0.4 is 4.74 Å². The van der Waals surface area contributed by atoms with Crippen LogP contribution in [0.15, 0.2) is 48.9 Å². The lowest BCUT2D eigenvalue weighted by Crippen LogP contribution is -2.43. The van der Waals surface area contributed by atoms with Gasteiger partial charge < -0.3 is 14.4 Å². The van der Waals surface area contributed by atoms with Crippen LogP contribution >= 0.6 is 0 Å². The van der Waals surface area contributed by atoms with Crippen molar-refractivity contribution in [2.75, 3.05) is 26.3 Å². The largest absolute Gasteiger partial charge is 0.475 e. The maximum Gasteiger partial charge on any atom is 0.253 e. The van der Waals surface area contributed by atoms with E-state index in [-0.39, 0.29) is 17.4 Å². The highest BCUT2D eigenvalue weighted by Crippen LogP contribution is 2.42. The Bertz CT molecular complexity index is 730. The van der Waals surface area contributed by atoms with Gasteiger partial charge in [-0.05, 0) is 42.9 Å². The van der Waals surface area contributed by atoms with E-state index in [9.17, 15) is 4.79 Å². The van der Waals surface area contributed by atoms with E-state index in [1.165, 1.54) is 0 Å². The van der Waals surface area contributed by atoms with Crippen molar-refractivity contribution < 1.29 is 14.3 Å². The fourth-order valence-corrected chi connectivity index (χ4v) is 3.82. The minimum absolute atomic E-state index is 0.0937. The molecule has 6 heteroatoms. The third-order valence-electron chi connectivity index (χ3n) is 5.38. The number of hydrogen-bond acceptors (Lipinski definition) is 5. The number of likely N-dealkylation sites (tertiary alicyclic amines) is 1. The molecule has 4 rings (SSSR count). The molecule has 0 radical (unpaired) electrons. The lowest BCUT2D eigenvalue weighted by molar-refractivity contribution is 0.0423. The number of hydrogen-bond donors (Lipinski definition) is 0. The molecule has 0 saturated carbocycles. The van der Waals surface area contributed by atoms with Crippen molar-refractivity contribution >= 4 is 5.91 Å². The van der Waals surface area contributed by atoms with E-state index >= 15 is 0 Å². The number of rotatable bonds is 4. The summed E-state index contributed by atoms with van der Waals surface area (Å²) in [6, 6.07) is 9.19. The Morgan fingerprint density at radius 2 is 2.00 bits per heavy atom. The Morgan fingerprint density at radius 3 is 2.73 bits per heavy atom. The predicted molar refractivity (Wildman–Crippen MR) is 95.9 cm³/mol. The Kier molecular flexibility index (Phi) is 4.84. The Labute approximate surface area is 153 Å². The maximum absolute atomic E-state index is 12.6. The summed E-state index contributed by atoms with van der Waals surface area (Å²) in [7, 11) is 0. The first-order chi connectivity index (χ1) is 12.7. The van der Waals surface area contributed by atoms with Crippen molar-refractivity contribution in [1.29, 1.82) is 0 Å². The second-order valence-electron chi connectivity index (χ2n) is 7.14. The average Bonchev–Trinajstić information content (AvgIpc) is 3.10. The lowest BCUT2D eigenvalue weighted by atomic mass is 9.76. The van der Waals surface area contributed by atoms with Gasteiger partial charge in [-0.1, -0.05) is 6.07 Å². The molecule has 1 atom stereocenters. The molecule has 136 valence electrons. The maximum atomic E-state index is 12.6. The molecule has 2 fully saturated rings. The molecular formula is C20H23N3O3. The summed E-state index contributed by atoms with van der Waals surface area (Å²) in [6.45, 7) is 2.83. The number of aromatic nitrogens is 2. The predicted octanol–water partition coefficient (Wildman–Crippen LogP) is 2.57. The van der Waals surface area contributed by atoms with Crippen molar-refractivity contribution in [3.05, 3.63) is 54.5 Å². The number of piperidine rings is 1. The zero-order chi connectivity index (χ0) is 17.8. The van der Waals surface area contributed by atoms with Crippen LogP contribution in [0, 0.1) is 5.41 Å².